The molecule has 0 radical (unpaired) electrons. The van der Waals surface area contributed by atoms with Crippen molar-refractivity contribution in [2.75, 3.05) is 6.98 Å². The summed E-state index contributed by atoms with van der Waals surface area (Å²) in [6, 6.07) is -2.96. The molecule has 0 spiro atoms. The Balaban J connectivity index is 2.89. The van der Waals surface area contributed by atoms with Gasteiger partial charge in [-0.25, -0.2) is 0 Å². The van der Waals surface area contributed by atoms with Gasteiger partial charge < -0.3 is 5.32 Å². The maximum Gasteiger partial charge on any atom is 0.157 e. The third kappa shape index (κ3) is 1.76. The molecule has 0 aliphatic heterocycles. The summed E-state index contributed by atoms with van der Waals surface area (Å²) in [6.45, 7) is -3.00. The van der Waals surface area contributed by atoms with E-state index in [-0.39, 0.29) is 0 Å². The number of hydrogen-bond donors (Lipinski definition) is 1. The van der Waals surface area contributed by atoms with Gasteiger partial charge in [0.25, 0.3) is 0 Å². The Morgan fingerprint density at radius 2 is 2.38 bits per heavy atom. The van der Waals surface area contributed by atoms with Crippen LogP contribution in [0, 0.1) is 0 Å². The molecule has 1 atom stereocenters. The molecule has 1 unspecified atom stereocenters. The van der Waals surface area contributed by atoms with E-state index in [4.69, 9.17) is 26.7 Å². The summed E-state index contributed by atoms with van der Waals surface area (Å²) < 4.78 is 85.3. The van der Waals surface area contributed by atoms with Crippen LogP contribution in [0.15, 0.2) is 24.2 Å². The van der Waals surface area contributed by atoms with E-state index in [9.17, 15) is 4.79 Å². The molecule has 0 heterocycles. The van der Waals surface area contributed by atoms with E-state index in [0.29, 0.717) is 0 Å². The number of carbonyl (C=O) groups excluding carboxylic acids is 1. The van der Waals surface area contributed by atoms with Gasteiger partial charge in [-0.15, -0.1) is 0 Å². The zero-order valence-electron chi connectivity index (χ0n) is 19.2. The third-order valence-electron chi connectivity index (χ3n) is 2.49. The minimum atomic E-state index is -3.00. The number of rotatable bonds is 2. The van der Waals surface area contributed by atoms with Crippen LogP contribution in [-0.4, -0.2) is 12.8 Å². The molecule has 1 aliphatic rings. The maximum atomic E-state index is 12.9. The maximum absolute atomic E-state index is 12.9. The molecule has 1 saturated carbocycles. The van der Waals surface area contributed by atoms with Gasteiger partial charge in [0.2, 0.25) is 0 Å². The van der Waals surface area contributed by atoms with Crippen LogP contribution >= 0.6 is 11.6 Å². The van der Waals surface area contributed by atoms with Crippen molar-refractivity contribution in [3.05, 3.63) is 34.8 Å². The first kappa shape index (κ1) is 4.11. The summed E-state index contributed by atoms with van der Waals surface area (Å²) >= 11 is 6.05. The van der Waals surface area contributed by atoms with Crippen LogP contribution in [0.25, 0.3) is 0 Å². The highest BCUT2D eigenvalue weighted by Crippen LogP contribution is 2.37. The van der Waals surface area contributed by atoms with Crippen LogP contribution in [0.3, 0.4) is 0 Å². The Bertz CT molecular complexity index is 777. The highest BCUT2D eigenvalue weighted by molar-refractivity contribution is 6.31. The first-order valence-electron chi connectivity index (χ1n) is 10.1. The van der Waals surface area contributed by atoms with E-state index < -0.39 is 78.6 Å². The van der Waals surface area contributed by atoms with Crippen LogP contribution in [-0.2, 0) is 10.3 Å². The lowest BCUT2D eigenvalue weighted by molar-refractivity contribution is -0.127. The lowest BCUT2D eigenvalue weighted by atomic mass is 9.75. The number of likely N-dealkylation sites (N-methyl/N-ethyl adjacent to an activating group) is 1. The number of Topliss-reactive ketones (excluding diaryl/α,β-unsaturated/α-hetero) is 1. The van der Waals surface area contributed by atoms with E-state index in [0.717, 1.165) is 0 Å². The molecule has 1 aromatic carbocycles. The number of carbonyl (C=O) groups is 1. The Morgan fingerprint density at radius 1 is 1.56 bits per heavy atom. The number of ketones is 1. The Kier molecular flexibility index (Phi) is 1.17. The van der Waals surface area contributed by atoms with E-state index in [1.165, 1.54) is 0 Å². The van der Waals surface area contributed by atoms with Gasteiger partial charge >= 0.3 is 0 Å². The van der Waals surface area contributed by atoms with Gasteiger partial charge in [0.15, 0.2) is 5.78 Å². The fourth-order valence-corrected chi connectivity index (χ4v) is 1.84. The van der Waals surface area contributed by atoms with Gasteiger partial charge in [0, 0.05) is 21.0 Å². The fraction of sp³-hybridized carbons (Fsp3) is 0.462. The highest BCUT2D eigenvalue weighted by Gasteiger charge is 2.40. The first-order chi connectivity index (χ1) is 12.0. The zero-order chi connectivity index (χ0) is 21.2. The first-order valence-corrected chi connectivity index (χ1v) is 4.94. The summed E-state index contributed by atoms with van der Waals surface area (Å²) in [4.78, 5) is 12.9. The molecule has 1 aromatic rings. The second kappa shape index (κ2) is 4.56. The van der Waals surface area contributed by atoms with Gasteiger partial charge in [0.1, 0.15) is 5.54 Å². The molecular weight excluding hydrogens is 222 g/mol. The van der Waals surface area contributed by atoms with Crippen molar-refractivity contribution in [3.63, 3.8) is 0 Å². The van der Waals surface area contributed by atoms with E-state index in [2.05, 4.69) is 0 Å². The minimum absolute atomic E-state index is 0.601. The van der Waals surface area contributed by atoms with Crippen LogP contribution < -0.4 is 5.32 Å². The van der Waals surface area contributed by atoms with Gasteiger partial charge in [-0.05, 0) is 31.4 Å². The zero-order valence-corrected chi connectivity index (χ0v) is 8.96. The second-order valence-electron chi connectivity index (χ2n) is 3.35. The Morgan fingerprint density at radius 3 is 3.19 bits per heavy atom. The Hall–Kier alpha value is -0.860. The summed E-state index contributed by atoms with van der Waals surface area (Å²) in [5.74, 6) is -1.06. The molecule has 2 nitrogen and oxygen atoms in total. The molecule has 1 N–H and O–H groups in total. The third-order valence-corrected chi connectivity index (χ3v) is 2.77. The SMILES string of the molecule is [2H]c1c([2H])c([2H])c(C2(NC([2H])([2H])[2H])CC([2H])([2H])C([2H])([2H])CC2=O)c(Cl)c1[2H]. The highest BCUT2D eigenvalue weighted by atomic mass is 35.5. The van der Waals surface area contributed by atoms with Crippen molar-refractivity contribution < 1.29 is 19.9 Å². The standard InChI is InChI=1S/C13H16ClNO/c1-15-13(9-5-4-8-12(13)16)10-6-2-3-7-11(10)14/h2-3,6-7,15H,4-5,8-9H2,1H3/i1D3,2D,3D,4D2,5D2,6D,7D. The minimum Gasteiger partial charge on any atom is -0.304 e. The molecule has 1 aliphatic carbocycles. The lowest BCUT2D eigenvalue weighted by Gasteiger charge is -2.36. The quantitative estimate of drug-likeness (QED) is 0.872. The molecule has 16 heavy (non-hydrogen) atoms. The smallest absolute Gasteiger partial charge is 0.157 e. The number of hydrogen-bond acceptors (Lipinski definition) is 2. The molecule has 1 fully saturated rings. The van der Waals surface area contributed by atoms with Crippen molar-refractivity contribution >= 4 is 17.4 Å². The molecule has 0 amide bonds. The van der Waals surface area contributed by atoms with Crippen molar-refractivity contribution in [2.45, 2.75) is 31.1 Å². The summed E-state index contributed by atoms with van der Waals surface area (Å²) in [5.41, 5.74) is -3.05. The normalized spacial score (nSPS) is 42.8. The molecule has 2 rings (SSSR count). The molecule has 86 valence electrons. The van der Waals surface area contributed by atoms with Gasteiger partial charge in [-0.2, -0.15) is 0 Å². The van der Waals surface area contributed by atoms with Gasteiger partial charge in [-0.1, -0.05) is 36.1 Å². The van der Waals surface area contributed by atoms with Gasteiger partial charge in [-0.3, -0.25) is 4.79 Å². The van der Waals surface area contributed by atoms with Crippen LogP contribution in [0.1, 0.15) is 46.2 Å². The van der Waals surface area contributed by atoms with Crippen LogP contribution in [0.5, 0.6) is 0 Å². The summed E-state index contributed by atoms with van der Waals surface area (Å²) in [5, 5.41) is 1.38. The van der Waals surface area contributed by atoms with E-state index >= 15 is 0 Å². The van der Waals surface area contributed by atoms with Crippen molar-refractivity contribution in [3.8, 4) is 0 Å². The number of halogens is 1. The molecule has 0 bridgehead atoms. The topological polar surface area (TPSA) is 29.1 Å². The van der Waals surface area contributed by atoms with Crippen molar-refractivity contribution in [1.29, 1.82) is 0 Å². The van der Waals surface area contributed by atoms with E-state index in [1.807, 2.05) is 5.32 Å². The fourth-order valence-electron chi connectivity index (χ4n) is 1.58. The lowest BCUT2D eigenvalue weighted by Crippen LogP contribution is -2.49. The van der Waals surface area contributed by atoms with Crippen molar-refractivity contribution in [2.24, 2.45) is 0 Å². The number of benzene rings is 1. The Labute approximate surface area is 116 Å². The summed E-state index contributed by atoms with van der Waals surface area (Å²) in [6.07, 6.45) is -7.28. The predicted molar refractivity (Wildman–Crippen MR) is 65.7 cm³/mol. The van der Waals surface area contributed by atoms with Crippen LogP contribution in [0.4, 0.5) is 0 Å². The molecule has 3 heteroatoms. The van der Waals surface area contributed by atoms with Gasteiger partial charge in [0.05, 0.1) is 5.48 Å². The van der Waals surface area contributed by atoms with E-state index in [1.54, 1.807) is 0 Å². The summed E-state index contributed by atoms with van der Waals surface area (Å²) in [7, 11) is 0. The largest absolute Gasteiger partial charge is 0.304 e. The second-order valence-corrected chi connectivity index (χ2v) is 3.73. The molecular formula is C13H16ClNO. The molecule has 0 aromatic heterocycles. The van der Waals surface area contributed by atoms with Crippen LogP contribution in [0.2, 0.25) is 5.02 Å². The number of nitrogens with one attached hydrogen (secondary N) is 1. The van der Waals surface area contributed by atoms with Crippen molar-refractivity contribution in [1.82, 2.24) is 5.32 Å². The average Bonchev–Trinajstić information content (AvgIpc) is 2.47. The monoisotopic (exact) mass is 248 g/mol. The molecule has 0 saturated heterocycles. The predicted octanol–water partition coefficient (Wildman–Crippen LogP) is 2.90. The average molecular weight is 249 g/mol.